The van der Waals surface area contributed by atoms with Crippen molar-refractivity contribution >= 4 is 5.69 Å². The molecule has 4 rings (SSSR count). The van der Waals surface area contributed by atoms with Crippen molar-refractivity contribution in [2.75, 3.05) is 6.54 Å². The molecular formula is C19H20N4O4. The van der Waals surface area contributed by atoms with Gasteiger partial charge in [0.25, 0.3) is 0 Å². The fourth-order valence-electron chi connectivity index (χ4n) is 3.37. The van der Waals surface area contributed by atoms with Crippen molar-refractivity contribution in [2.45, 2.75) is 25.1 Å². The zero-order valence-corrected chi connectivity index (χ0v) is 14.5. The van der Waals surface area contributed by atoms with E-state index in [1.807, 2.05) is 30.3 Å². The highest BCUT2D eigenvalue weighted by atomic mass is 16.8. The normalized spacial score (nSPS) is 21.4. The van der Waals surface area contributed by atoms with E-state index in [1.165, 1.54) is 0 Å². The molecule has 1 saturated heterocycles. The van der Waals surface area contributed by atoms with Crippen molar-refractivity contribution in [1.29, 1.82) is 0 Å². The van der Waals surface area contributed by atoms with E-state index in [2.05, 4.69) is 15.0 Å². The highest BCUT2D eigenvalue weighted by Crippen LogP contribution is 2.33. The summed E-state index contributed by atoms with van der Waals surface area (Å²) in [6.07, 6.45) is 0.0456. The molecule has 1 aliphatic heterocycles. The molecule has 0 bridgehead atoms. The summed E-state index contributed by atoms with van der Waals surface area (Å²) in [5.41, 5.74) is 2.09. The number of hydrogen-bond acceptors (Lipinski definition) is 7. The molecular weight excluding hydrogens is 348 g/mol. The van der Waals surface area contributed by atoms with Gasteiger partial charge in [-0.2, -0.15) is 10.2 Å². The molecule has 27 heavy (non-hydrogen) atoms. The lowest BCUT2D eigenvalue weighted by molar-refractivity contribution is -0.991. The van der Waals surface area contributed by atoms with E-state index in [4.69, 9.17) is 9.73 Å². The Morgan fingerprint density at radius 1 is 1.15 bits per heavy atom. The fourth-order valence-corrected chi connectivity index (χ4v) is 3.37. The van der Waals surface area contributed by atoms with Gasteiger partial charge < -0.3 is 14.8 Å². The largest absolute Gasteiger partial charge is 0.595 e. The summed E-state index contributed by atoms with van der Waals surface area (Å²) in [5.74, 6) is 1.00. The first-order valence-corrected chi connectivity index (χ1v) is 8.73. The Morgan fingerprint density at radius 3 is 2.59 bits per heavy atom. The van der Waals surface area contributed by atoms with Crippen LogP contribution in [-0.2, 0) is 6.54 Å². The van der Waals surface area contributed by atoms with Gasteiger partial charge in [-0.3, -0.25) is 4.90 Å². The Hall–Kier alpha value is -2.62. The van der Waals surface area contributed by atoms with Gasteiger partial charge in [0.05, 0.1) is 12.1 Å². The second-order valence-corrected chi connectivity index (χ2v) is 6.66. The smallest absolute Gasteiger partial charge is 0.244 e. The molecule has 8 heteroatoms. The first-order chi connectivity index (χ1) is 13.1. The van der Waals surface area contributed by atoms with Gasteiger partial charge >= 0.3 is 0 Å². The quantitative estimate of drug-likeness (QED) is 0.585. The molecule has 0 aliphatic carbocycles. The minimum atomic E-state index is -0.949. The molecule has 140 valence electrons. The van der Waals surface area contributed by atoms with Gasteiger partial charge in [-0.1, -0.05) is 47.6 Å². The first kappa shape index (κ1) is 17.8. The van der Waals surface area contributed by atoms with E-state index in [0.717, 1.165) is 11.1 Å². The van der Waals surface area contributed by atoms with Gasteiger partial charge in [0.2, 0.25) is 11.7 Å². The van der Waals surface area contributed by atoms with E-state index >= 15 is 0 Å². The van der Waals surface area contributed by atoms with Gasteiger partial charge in [-0.05, 0) is 12.0 Å². The number of β-amino-alcohol motifs (C(OH)–C–C–N with tert-alkyl or cyclic N) is 1. The third-order valence-corrected chi connectivity index (χ3v) is 4.73. The number of aliphatic hydroxyl groups is 1. The van der Waals surface area contributed by atoms with Crippen LogP contribution in [0.3, 0.4) is 0 Å². The van der Waals surface area contributed by atoms with Crippen molar-refractivity contribution < 1.29 is 20.1 Å². The zero-order chi connectivity index (χ0) is 18.8. The SMILES string of the molecule is [O-][NH+](O)c1ccc(CN2CC(O)CC2c2nc(-c3ccccc3)no2)cc1. The number of likely N-dealkylation sites (tertiary alicyclic amines) is 1. The summed E-state index contributed by atoms with van der Waals surface area (Å²) in [6, 6.07) is 16.1. The predicted molar refractivity (Wildman–Crippen MR) is 95.7 cm³/mol. The number of nitrogens with one attached hydrogen (secondary N) is 1. The average molecular weight is 368 g/mol. The van der Waals surface area contributed by atoms with Crippen LogP contribution in [-0.4, -0.2) is 38.0 Å². The van der Waals surface area contributed by atoms with Gasteiger partial charge in [0.15, 0.2) is 5.69 Å². The van der Waals surface area contributed by atoms with Crippen LogP contribution in [0.4, 0.5) is 5.69 Å². The summed E-state index contributed by atoms with van der Waals surface area (Å²) in [7, 11) is 0. The Kier molecular flexibility index (Phi) is 4.97. The predicted octanol–water partition coefficient (Wildman–Crippen LogP) is 1.45. The van der Waals surface area contributed by atoms with Crippen LogP contribution in [0.15, 0.2) is 59.1 Å². The van der Waals surface area contributed by atoms with Crippen LogP contribution in [0.1, 0.15) is 23.9 Å². The molecule has 2 aromatic carbocycles. The molecule has 0 saturated carbocycles. The first-order valence-electron chi connectivity index (χ1n) is 8.73. The Bertz CT molecular complexity index is 882. The van der Waals surface area contributed by atoms with Crippen LogP contribution >= 0.6 is 0 Å². The summed E-state index contributed by atoms with van der Waals surface area (Å²) in [6.45, 7) is 1.05. The van der Waals surface area contributed by atoms with Crippen molar-refractivity contribution in [3.05, 3.63) is 71.3 Å². The second kappa shape index (κ2) is 7.55. The van der Waals surface area contributed by atoms with Crippen LogP contribution in [0, 0.1) is 5.21 Å². The zero-order valence-electron chi connectivity index (χ0n) is 14.5. The molecule has 0 radical (unpaired) electrons. The van der Waals surface area contributed by atoms with Crippen LogP contribution in [0.25, 0.3) is 11.4 Å². The van der Waals surface area contributed by atoms with Gasteiger partial charge in [-0.15, -0.1) is 0 Å². The van der Waals surface area contributed by atoms with Gasteiger partial charge in [-0.25, -0.2) is 5.21 Å². The minimum absolute atomic E-state index is 0.177. The highest BCUT2D eigenvalue weighted by Gasteiger charge is 2.35. The van der Waals surface area contributed by atoms with E-state index in [-0.39, 0.29) is 11.7 Å². The summed E-state index contributed by atoms with van der Waals surface area (Å²) >= 11 is 0. The van der Waals surface area contributed by atoms with Crippen LogP contribution in [0.5, 0.6) is 0 Å². The van der Waals surface area contributed by atoms with Crippen molar-refractivity contribution in [1.82, 2.24) is 15.0 Å². The standard InChI is InChI=1S/C19H20N4O4/c24-16-10-17(19-20-18(21-27-19)14-4-2-1-3-5-14)22(12-16)11-13-6-8-15(9-7-13)23(25)26/h1-9,16-17,23-25H,10-12H2. The Balaban J connectivity index is 1.52. The minimum Gasteiger partial charge on any atom is -0.595 e. The van der Waals surface area contributed by atoms with E-state index < -0.39 is 11.3 Å². The molecule has 3 unspecified atom stereocenters. The van der Waals surface area contributed by atoms with Crippen molar-refractivity contribution in [2.24, 2.45) is 0 Å². The molecule has 1 aliphatic rings. The lowest BCUT2D eigenvalue weighted by Gasteiger charge is -2.21. The number of benzene rings is 2. The Morgan fingerprint density at radius 2 is 1.89 bits per heavy atom. The van der Waals surface area contributed by atoms with Crippen LogP contribution in [0.2, 0.25) is 0 Å². The highest BCUT2D eigenvalue weighted by molar-refractivity contribution is 5.53. The number of quaternary nitrogens is 1. The molecule has 0 amide bonds. The third kappa shape index (κ3) is 3.90. The summed E-state index contributed by atoms with van der Waals surface area (Å²) < 4.78 is 5.48. The van der Waals surface area contributed by atoms with E-state index in [1.54, 1.807) is 24.3 Å². The van der Waals surface area contributed by atoms with Crippen LogP contribution < -0.4 is 5.23 Å². The van der Waals surface area contributed by atoms with Crippen molar-refractivity contribution in [3.63, 3.8) is 0 Å². The Labute approximate surface area is 155 Å². The maximum atomic E-state index is 11.0. The maximum Gasteiger partial charge on any atom is 0.244 e. The molecule has 0 spiro atoms. The van der Waals surface area contributed by atoms with Gasteiger partial charge in [0.1, 0.15) is 0 Å². The number of hydrogen-bond donors (Lipinski definition) is 3. The van der Waals surface area contributed by atoms with Gasteiger partial charge in [0, 0.05) is 30.8 Å². The second-order valence-electron chi connectivity index (χ2n) is 6.66. The molecule has 8 nitrogen and oxygen atoms in total. The average Bonchev–Trinajstić information content (AvgIpc) is 3.29. The summed E-state index contributed by atoms with van der Waals surface area (Å²) in [5, 5.41) is 33.3. The lowest BCUT2D eigenvalue weighted by atomic mass is 10.1. The van der Waals surface area contributed by atoms with Crippen molar-refractivity contribution in [3.8, 4) is 11.4 Å². The molecule has 3 atom stereocenters. The molecule has 3 N–H and O–H groups in total. The molecule has 3 aromatic rings. The maximum absolute atomic E-state index is 11.0. The fraction of sp³-hybridized carbons (Fsp3) is 0.263. The summed E-state index contributed by atoms with van der Waals surface area (Å²) in [4.78, 5) is 6.59. The number of rotatable bonds is 5. The number of aromatic nitrogens is 2. The molecule has 1 aromatic heterocycles. The number of aliphatic hydroxyl groups excluding tert-OH is 1. The van der Waals surface area contributed by atoms with E-state index in [9.17, 15) is 10.3 Å². The lowest BCUT2D eigenvalue weighted by Crippen LogP contribution is -2.99. The third-order valence-electron chi connectivity index (χ3n) is 4.73. The monoisotopic (exact) mass is 368 g/mol. The van der Waals surface area contributed by atoms with E-state index in [0.29, 0.717) is 31.2 Å². The number of nitrogens with zero attached hydrogens (tertiary/aromatic N) is 3. The molecule has 2 heterocycles. The topological polar surface area (TPSA) is 110 Å². The molecule has 1 fully saturated rings.